The summed E-state index contributed by atoms with van der Waals surface area (Å²) >= 11 is 0. The maximum atomic E-state index is 11.0. The van der Waals surface area contributed by atoms with Crippen LogP contribution in [0.15, 0.2) is 0 Å². The first-order valence-electron chi connectivity index (χ1n) is 8.39. The normalized spacial score (nSPS) is 11.4. The van der Waals surface area contributed by atoms with Gasteiger partial charge in [0.2, 0.25) is 12.6 Å². The highest BCUT2D eigenvalue weighted by atomic mass is 28.2. The molecule has 0 atom stereocenters. The van der Waals surface area contributed by atoms with E-state index in [0.29, 0.717) is 12.1 Å². The molecule has 0 bridgehead atoms. The third kappa shape index (κ3) is 15.6. The molecular formula is C15H28O8Si2. The van der Waals surface area contributed by atoms with E-state index in [1.54, 1.807) is 0 Å². The van der Waals surface area contributed by atoms with Gasteiger partial charge in [-0.05, 0) is 0 Å². The molecule has 0 amide bonds. The summed E-state index contributed by atoms with van der Waals surface area (Å²) in [6, 6.07) is 3.28. The second kappa shape index (κ2) is 13.6. The number of carbonyl (C=O) groups is 4. The third-order valence-electron chi connectivity index (χ3n) is 3.07. The molecule has 0 aromatic heterocycles. The smallest absolute Gasteiger partial charge is 0.305 e. The number of hydrogen-bond donors (Lipinski definition) is 0. The lowest BCUT2D eigenvalue weighted by Gasteiger charge is -2.16. The topological polar surface area (TPSA) is 105 Å². The van der Waals surface area contributed by atoms with Crippen LogP contribution in [0, 0.1) is 0 Å². The van der Waals surface area contributed by atoms with Crippen LogP contribution < -0.4 is 0 Å². The van der Waals surface area contributed by atoms with Crippen LogP contribution in [0.25, 0.3) is 0 Å². The lowest BCUT2D eigenvalue weighted by Crippen LogP contribution is -2.24. The van der Waals surface area contributed by atoms with Gasteiger partial charge in [0, 0.05) is 58.8 Å². The largest absolute Gasteiger partial charge is 0.426 e. The first kappa shape index (κ1) is 23.3. The predicted octanol–water partition coefficient (Wildman–Crippen LogP) is 0.292. The van der Waals surface area contributed by atoms with Crippen LogP contribution in [0.5, 0.6) is 0 Å². The number of carbonyl (C=O) groups excluding carboxylic acids is 4. The van der Waals surface area contributed by atoms with Crippen LogP contribution in [-0.4, -0.2) is 55.5 Å². The van der Waals surface area contributed by atoms with Crippen molar-refractivity contribution in [2.75, 3.05) is 0 Å². The minimum absolute atomic E-state index is 0.463. The molecule has 0 aliphatic rings. The van der Waals surface area contributed by atoms with Gasteiger partial charge in [-0.1, -0.05) is 18.5 Å². The van der Waals surface area contributed by atoms with E-state index in [2.05, 4.69) is 0 Å². The molecule has 0 spiro atoms. The van der Waals surface area contributed by atoms with Gasteiger partial charge < -0.3 is 18.9 Å². The van der Waals surface area contributed by atoms with Crippen molar-refractivity contribution in [3.63, 3.8) is 0 Å². The van der Waals surface area contributed by atoms with Crippen molar-refractivity contribution >= 4 is 42.9 Å². The van der Waals surface area contributed by atoms with Gasteiger partial charge in [-0.2, -0.15) is 0 Å². The molecule has 0 rings (SSSR count). The van der Waals surface area contributed by atoms with E-state index in [9.17, 15) is 19.2 Å². The summed E-state index contributed by atoms with van der Waals surface area (Å²) in [4.78, 5) is 43.8. The number of esters is 4. The average molecular weight is 393 g/mol. The minimum Gasteiger partial charge on any atom is -0.426 e. The molecule has 0 N–H and O–H groups in total. The summed E-state index contributed by atoms with van der Waals surface area (Å²) in [6.07, 6.45) is -0.509. The lowest BCUT2D eigenvalue weighted by molar-refractivity contribution is -0.183. The molecule has 0 unspecified atom stereocenters. The maximum absolute atomic E-state index is 11.0. The van der Waals surface area contributed by atoms with Crippen molar-refractivity contribution in [1.29, 1.82) is 0 Å². The van der Waals surface area contributed by atoms with Crippen LogP contribution in [0.1, 0.15) is 34.1 Å². The molecule has 0 aliphatic heterocycles. The average Bonchev–Trinajstić information content (AvgIpc) is 2.43. The van der Waals surface area contributed by atoms with Crippen LogP contribution in [0.2, 0.25) is 24.2 Å². The molecule has 0 fully saturated rings. The summed E-state index contributed by atoms with van der Waals surface area (Å²) < 4.78 is 19.8. The van der Waals surface area contributed by atoms with E-state index in [1.807, 2.05) is 0 Å². The zero-order valence-corrected chi connectivity index (χ0v) is 18.2. The molecule has 0 radical (unpaired) electrons. The molecule has 0 heterocycles. The second-order valence-electron chi connectivity index (χ2n) is 5.64. The van der Waals surface area contributed by atoms with E-state index in [1.165, 1.54) is 27.7 Å². The molecule has 0 saturated heterocycles. The van der Waals surface area contributed by atoms with Crippen LogP contribution in [-0.2, 0) is 38.1 Å². The molecule has 10 heteroatoms. The van der Waals surface area contributed by atoms with Crippen molar-refractivity contribution in [3.8, 4) is 0 Å². The Labute approximate surface area is 152 Å². The Bertz CT molecular complexity index is 383. The van der Waals surface area contributed by atoms with Crippen LogP contribution >= 0.6 is 0 Å². The lowest BCUT2D eigenvalue weighted by atomic mass is 10.6. The first-order chi connectivity index (χ1) is 11.7. The van der Waals surface area contributed by atoms with Crippen LogP contribution in [0.3, 0.4) is 0 Å². The fraction of sp³-hybridized carbons (Fsp3) is 0.733. The highest BCUT2D eigenvalue weighted by molar-refractivity contribution is 6.37. The SMILES string of the molecule is CC(=O)OC(C[SiH2]CCC[SiH2]CC(OC(C)=O)OC(C)=O)OC(C)=O. The summed E-state index contributed by atoms with van der Waals surface area (Å²) in [5.41, 5.74) is 0. The van der Waals surface area contributed by atoms with Gasteiger partial charge in [0.25, 0.3) is 0 Å². The van der Waals surface area contributed by atoms with Crippen molar-refractivity contribution in [2.45, 2.75) is 70.9 Å². The van der Waals surface area contributed by atoms with Crippen LogP contribution in [0.4, 0.5) is 0 Å². The molecular weight excluding hydrogens is 364 g/mol. The number of hydrogen-bond acceptors (Lipinski definition) is 8. The molecule has 0 saturated carbocycles. The molecule has 0 aliphatic carbocycles. The van der Waals surface area contributed by atoms with Crippen molar-refractivity contribution in [3.05, 3.63) is 0 Å². The van der Waals surface area contributed by atoms with Gasteiger partial charge in [-0.15, -0.1) is 0 Å². The predicted molar refractivity (Wildman–Crippen MR) is 95.6 cm³/mol. The highest BCUT2D eigenvalue weighted by Gasteiger charge is 2.16. The number of rotatable bonds is 12. The monoisotopic (exact) mass is 392 g/mol. The Morgan fingerprint density at radius 2 is 0.920 bits per heavy atom. The zero-order valence-electron chi connectivity index (χ0n) is 15.4. The minimum atomic E-state index is -0.767. The van der Waals surface area contributed by atoms with E-state index >= 15 is 0 Å². The Morgan fingerprint density at radius 3 is 1.16 bits per heavy atom. The Morgan fingerprint density at radius 1 is 0.640 bits per heavy atom. The van der Waals surface area contributed by atoms with E-state index in [4.69, 9.17) is 18.9 Å². The fourth-order valence-electron chi connectivity index (χ4n) is 2.18. The summed E-state index contributed by atoms with van der Waals surface area (Å²) in [5.74, 6) is -1.85. The summed E-state index contributed by atoms with van der Waals surface area (Å²) in [6.45, 7) is 5.14. The Kier molecular flexibility index (Phi) is 12.7. The van der Waals surface area contributed by atoms with Gasteiger partial charge in [0.05, 0.1) is 0 Å². The second-order valence-corrected chi connectivity index (χ2v) is 9.63. The van der Waals surface area contributed by atoms with E-state index in [0.717, 1.165) is 18.5 Å². The molecule has 8 nitrogen and oxygen atoms in total. The Hall–Kier alpha value is -1.69. The molecule has 0 aromatic carbocycles. The summed E-state index contributed by atoms with van der Waals surface area (Å²) in [7, 11) is -1.02. The van der Waals surface area contributed by atoms with Crippen molar-refractivity contribution in [1.82, 2.24) is 0 Å². The summed E-state index contributed by atoms with van der Waals surface area (Å²) in [5, 5.41) is 0. The Balaban J connectivity index is 3.91. The number of ether oxygens (including phenoxy) is 4. The highest BCUT2D eigenvalue weighted by Crippen LogP contribution is 2.09. The van der Waals surface area contributed by atoms with Crippen molar-refractivity contribution < 1.29 is 38.1 Å². The molecule has 144 valence electrons. The van der Waals surface area contributed by atoms with Gasteiger partial charge in [0.1, 0.15) is 0 Å². The quantitative estimate of drug-likeness (QED) is 0.202. The van der Waals surface area contributed by atoms with E-state index in [-0.39, 0.29) is 0 Å². The van der Waals surface area contributed by atoms with Crippen molar-refractivity contribution in [2.24, 2.45) is 0 Å². The van der Waals surface area contributed by atoms with Gasteiger partial charge >= 0.3 is 23.9 Å². The zero-order chi connectivity index (χ0) is 19.2. The standard InChI is InChI=1S/C15H28O8Si2/c1-10(16)20-14(21-11(2)17)8-24-6-5-7-25-9-15(22-12(3)18)23-13(4)19/h14-15H,5-9,24-25H2,1-4H3. The maximum Gasteiger partial charge on any atom is 0.305 e. The molecule has 25 heavy (non-hydrogen) atoms. The molecule has 0 aromatic rings. The van der Waals surface area contributed by atoms with E-state index < -0.39 is 55.5 Å². The first-order valence-corrected chi connectivity index (χ1v) is 12.4. The third-order valence-corrected chi connectivity index (χ3v) is 6.83. The van der Waals surface area contributed by atoms with Gasteiger partial charge in [-0.3, -0.25) is 19.2 Å². The van der Waals surface area contributed by atoms with Gasteiger partial charge in [0.15, 0.2) is 0 Å². The fourth-order valence-corrected chi connectivity index (χ4v) is 6.01. The van der Waals surface area contributed by atoms with Gasteiger partial charge in [-0.25, -0.2) is 0 Å².